The average molecular weight is 396 g/mol. The molecule has 150 valence electrons. The predicted octanol–water partition coefficient (Wildman–Crippen LogP) is 5.46. The number of benzene rings is 3. The third kappa shape index (κ3) is 4.66. The van der Waals surface area contributed by atoms with Gasteiger partial charge in [-0.15, -0.1) is 0 Å². The van der Waals surface area contributed by atoms with Crippen LogP contribution in [0, 0.1) is 6.92 Å². The van der Waals surface area contributed by atoms with Crippen LogP contribution >= 0.6 is 0 Å². The van der Waals surface area contributed by atoms with E-state index < -0.39 is 5.97 Å². The first-order valence-electron chi connectivity index (χ1n) is 10.1. The highest BCUT2D eigenvalue weighted by Gasteiger charge is 2.10. The minimum atomic E-state index is -0.908. The molecule has 0 aliphatic carbocycles. The molecule has 0 atom stereocenters. The van der Waals surface area contributed by atoms with Crippen LogP contribution in [0.5, 0.6) is 0 Å². The number of aromatic nitrogens is 2. The van der Waals surface area contributed by atoms with Crippen molar-refractivity contribution in [2.75, 3.05) is 0 Å². The molecule has 0 saturated heterocycles. The minimum absolute atomic E-state index is 0.321. The van der Waals surface area contributed by atoms with Gasteiger partial charge in [0.15, 0.2) is 0 Å². The number of nitrogens with zero attached hydrogens (tertiary/aromatic N) is 1. The van der Waals surface area contributed by atoms with E-state index in [0.29, 0.717) is 5.56 Å². The summed E-state index contributed by atoms with van der Waals surface area (Å²) < 4.78 is 0. The average Bonchev–Trinajstić information content (AvgIpc) is 3.21. The fourth-order valence-corrected chi connectivity index (χ4v) is 3.58. The second-order valence-electron chi connectivity index (χ2n) is 7.57. The van der Waals surface area contributed by atoms with Crippen molar-refractivity contribution in [3.63, 3.8) is 0 Å². The van der Waals surface area contributed by atoms with Crippen molar-refractivity contribution in [2.24, 2.45) is 0 Å². The number of carboxylic acid groups (broad SMARTS) is 1. The Kier molecular flexibility index (Phi) is 5.75. The summed E-state index contributed by atoms with van der Waals surface area (Å²) >= 11 is 0. The van der Waals surface area contributed by atoms with E-state index in [1.165, 1.54) is 16.7 Å². The van der Waals surface area contributed by atoms with Gasteiger partial charge < -0.3 is 10.1 Å². The zero-order valence-corrected chi connectivity index (χ0v) is 16.9. The molecule has 0 amide bonds. The molecule has 30 heavy (non-hydrogen) atoms. The van der Waals surface area contributed by atoms with E-state index in [9.17, 15) is 9.90 Å². The quantitative estimate of drug-likeness (QED) is 0.436. The number of imidazole rings is 1. The van der Waals surface area contributed by atoms with Gasteiger partial charge in [0.1, 0.15) is 5.82 Å². The first-order valence-corrected chi connectivity index (χ1v) is 10.1. The van der Waals surface area contributed by atoms with Crippen molar-refractivity contribution in [1.82, 2.24) is 9.97 Å². The maximum Gasteiger partial charge on any atom is 0.336 e. The summed E-state index contributed by atoms with van der Waals surface area (Å²) in [6.07, 6.45) is 4.48. The fraction of sp³-hybridized carbons (Fsp3) is 0.154. The number of aromatic amines is 1. The Labute approximate surface area is 176 Å². The third-order valence-corrected chi connectivity index (χ3v) is 5.27. The van der Waals surface area contributed by atoms with E-state index in [4.69, 9.17) is 0 Å². The predicted molar refractivity (Wildman–Crippen MR) is 119 cm³/mol. The van der Waals surface area contributed by atoms with E-state index in [0.717, 1.165) is 41.9 Å². The molecule has 4 nitrogen and oxygen atoms in total. The molecule has 4 rings (SSSR count). The van der Waals surface area contributed by atoms with Gasteiger partial charge in [-0.1, -0.05) is 72.3 Å². The fourth-order valence-electron chi connectivity index (χ4n) is 3.58. The van der Waals surface area contributed by atoms with Gasteiger partial charge in [0, 0.05) is 24.7 Å². The van der Waals surface area contributed by atoms with Gasteiger partial charge in [0.2, 0.25) is 0 Å². The maximum atomic E-state index is 11.4. The van der Waals surface area contributed by atoms with Crippen LogP contribution in [0.15, 0.2) is 79.0 Å². The van der Waals surface area contributed by atoms with E-state index in [1.54, 1.807) is 12.1 Å². The Balaban J connectivity index is 1.39. The maximum absolute atomic E-state index is 11.4. The van der Waals surface area contributed by atoms with Crippen molar-refractivity contribution in [1.29, 1.82) is 0 Å². The topological polar surface area (TPSA) is 66.0 Å². The largest absolute Gasteiger partial charge is 0.478 e. The molecule has 4 heteroatoms. The van der Waals surface area contributed by atoms with Crippen molar-refractivity contribution in [3.05, 3.63) is 113 Å². The van der Waals surface area contributed by atoms with Gasteiger partial charge in [-0.25, -0.2) is 9.78 Å². The third-order valence-electron chi connectivity index (χ3n) is 5.27. The lowest BCUT2D eigenvalue weighted by Crippen LogP contribution is -1.99. The smallest absolute Gasteiger partial charge is 0.336 e. The Morgan fingerprint density at radius 3 is 2.33 bits per heavy atom. The minimum Gasteiger partial charge on any atom is -0.478 e. The van der Waals surface area contributed by atoms with Crippen LogP contribution in [0.1, 0.15) is 38.6 Å². The Hall–Kier alpha value is -3.66. The number of hydrogen-bond acceptors (Lipinski definition) is 2. The molecule has 0 bridgehead atoms. The lowest BCUT2D eigenvalue weighted by molar-refractivity contribution is 0.0697. The van der Waals surface area contributed by atoms with Gasteiger partial charge >= 0.3 is 5.97 Å². The van der Waals surface area contributed by atoms with Gasteiger partial charge in [0.25, 0.3) is 0 Å². The molecule has 4 aromatic rings. The summed E-state index contributed by atoms with van der Waals surface area (Å²) in [5.74, 6) is 0.0753. The number of carbonyl (C=O) groups is 1. The molecular formula is C26H24N2O2. The second-order valence-corrected chi connectivity index (χ2v) is 7.57. The highest BCUT2D eigenvalue weighted by molar-refractivity contribution is 5.95. The second kappa shape index (κ2) is 8.78. The summed E-state index contributed by atoms with van der Waals surface area (Å²) in [7, 11) is 0. The first kappa shape index (κ1) is 19.6. The van der Waals surface area contributed by atoms with Crippen LogP contribution < -0.4 is 0 Å². The van der Waals surface area contributed by atoms with Crippen LogP contribution in [0.3, 0.4) is 0 Å². The zero-order valence-electron chi connectivity index (χ0n) is 16.9. The van der Waals surface area contributed by atoms with E-state index in [1.807, 2.05) is 30.5 Å². The molecular weight excluding hydrogens is 372 g/mol. The Morgan fingerprint density at radius 1 is 0.900 bits per heavy atom. The van der Waals surface area contributed by atoms with Gasteiger partial charge in [0.05, 0.1) is 5.56 Å². The normalized spacial score (nSPS) is 10.8. The summed E-state index contributed by atoms with van der Waals surface area (Å²) in [5.41, 5.74) is 6.83. The lowest BCUT2D eigenvalue weighted by atomic mass is 9.98. The van der Waals surface area contributed by atoms with Crippen LogP contribution in [-0.4, -0.2) is 21.0 Å². The first-order chi connectivity index (χ1) is 14.6. The van der Waals surface area contributed by atoms with E-state index in [-0.39, 0.29) is 0 Å². The van der Waals surface area contributed by atoms with Crippen molar-refractivity contribution in [2.45, 2.75) is 26.2 Å². The Bertz CT molecular complexity index is 1140. The molecule has 0 fully saturated rings. The zero-order chi connectivity index (χ0) is 20.9. The lowest BCUT2D eigenvalue weighted by Gasteiger charge is -2.07. The Morgan fingerprint density at radius 2 is 1.60 bits per heavy atom. The highest BCUT2D eigenvalue weighted by Crippen LogP contribution is 2.24. The number of aromatic carboxylic acids is 1. The molecule has 0 aliphatic heterocycles. The molecule has 0 aliphatic rings. The number of rotatable bonds is 7. The van der Waals surface area contributed by atoms with E-state index in [2.05, 4.69) is 53.3 Å². The number of carboxylic acids is 1. The SMILES string of the molecule is Cc1ccc(Cc2cnc(CCc3ccc(-c4ccccc4C(=O)O)cc3)[nH]2)cc1. The van der Waals surface area contributed by atoms with Crippen molar-refractivity contribution in [3.8, 4) is 11.1 Å². The summed E-state index contributed by atoms with van der Waals surface area (Å²) in [4.78, 5) is 19.4. The standard InChI is InChI=1S/C26H24N2O2/c1-18-6-8-20(9-7-18)16-22-17-27-25(28-22)15-12-19-10-13-21(14-11-19)23-4-2-3-5-24(23)26(29)30/h2-11,13-14,17H,12,15-16H2,1H3,(H,27,28)(H,29,30). The molecule has 3 aromatic carbocycles. The molecule has 0 radical (unpaired) electrons. The van der Waals surface area contributed by atoms with Crippen LogP contribution in [0.2, 0.25) is 0 Å². The van der Waals surface area contributed by atoms with Crippen molar-refractivity contribution < 1.29 is 9.90 Å². The number of nitrogens with one attached hydrogen (secondary N) is 1. The molecule has 0 unspecified atom stereocenters. The van der Waals surface area contributed by atoms with Gasteiger partial charge in [-0.2, -0.15) is 0 Å². The van der Waals surface area contributed by atoms with Crippen LogP contribution in [0.25, 0.3) is 11.1 Å². The van der Waals surface area contributed by atoms with Crippen molar-refractivity contribution >= 4 is 5.97 Å². The molecule has 2 N–H and O–H groups in total. The monoisotopic (exact) mass is 396 g/mol. The molecule has 0 spiro atoms. The van der Waals surface area contributed by atoms with Gasteiger partial charge in [-0.3, -0.25) is 0 Å². The summed E-state index contributed by atoms with van der Waals surface area (Å²) in [5, 5.41) is 9.39. The summed E-state index contributed by atoms with van der Waals surface area (Å²) in [6, 6.07) is 23.8. The van der Waals surface area contributed by atoms with E-state index >= 15 is 0 Å². The molecule has 1 heterocycles. The number of aryl methyl sites for hydroxylation is 3. The number of H-pyrrole nitrogens is 1. The van der Waals surface area contributed by atoms with Crippen LogP contribution in [-0.2, 0) is 19.3 Å². The number of hydrogen-bond donors (Lipinski definition) is 2. The molecule has 1 aromatic heterocycles. The summed E-state index contributed by atoms with van der Waals surface area (Å²) in [6.45, 7) is 2.09. The van der Waals surface area contributed by atoms with Gasteiger partial charge in [-0.05, 0) is 41.7 Å². The molecule has 0 saturated carbocycles. The highest BCUT2D eigenvalue weighted by atomic mass is 16.4. The van der Waals surface area contributed by atoms with Crippen LogP contribution in [0.4, 0.5) is 0 Å².